The summed E-state index contributed by atoms with van der Waals surface area (Å²) in [6.45, 7) is 6.86. The molecule has 106 valence electrons. The molecule has 0 bridgehead atoms. The molecule has 0 saturated carbocycles. The van der Waals surface area contributed by atoms with Crippen LogP contribution in [0.4, 0.5) is 0 Å². The van der Waals surface area contributed by atoms with Crippen LogP contribution in [-0.4, -0.2) is 31.1 Å². The van der Waals surface area contributed by atoms with Crippen LogP contribution < -0.4 is 5.32 Å². The Labute approximate surface area is 118 Å². The largest absolute Gasteiger partial charge is 0.313 e. The minimum Gasteiger partial charge on any atom is -0.313 e. The van der Waals surface area contributed by atoms with Crippen molar-refractivity contribution in [1.29, 1.82) is 0 Å². The lowest BCUT2D eigenvalue weighted by molar-refractivity contribution is 0.214. The molecule has 2 nitrogen and oxygen atoms in total. The summed E-state index contributed by atoms with van der Waals surface area (Å²) in [6.07, 6.45) is 5.17. The number of hydrogen-bond acceptors (Lipinski definition) is 2. The second kappa shape index (κ2) is 7.06. The standard InChI is InChI=1S/C17H28N2/c1-4-15-8-10-16(11-9-15)14(2)19(3)13-17-7-5-6-12-18-17/h8-11,14,17-18H,4-7,12-13H2,1-3H3. The zero-order valence-corrected chi connectivity index (χ0v) is 12.7. The molecule has 0 aromatic heterocycles. The van der Waals surface area contributed by atoms with Gasteiger partial charge in [0.2, 0.25) is 0 Å². The lowest BCUT2D eigenvalue weighted by atomic mass is 10.0. The van der Waals surface area contributed by atoms with Gasteiger partial charge in [-0.15, -0.1) is 0 Å². The number of nitrogens with one attached hydrogen (secondary N) is 1. The first-order chi connectivity index (χ1) is 9.20. The molecule has 1 heterocycles. The zero-order chi connectivity index (χ0) is 13.7. The van der Waals surface area contributed by atoms with Gasteiger partial charge in [0.15, 0.2) is 0 Å². The number of piperidine rings is 1. The van der Waals surface area contributed by atoms with Gasteiger partial charge >= 0.3 is 0 Å². The van der Waals surface area contributed by atoms with Crippen LogP contribution >= 0.6 is 0 Å². The fraction of sp³-hybridized carbons (Fsp3) is 0.647. The van der Waals surface area contributed by atoms with Crippen molar-refractivity contribution >= 4 is 0 Å². The molecular weight excluding hydrogens is 232 g/mol. The Morgan fingerprint density at radius 3 is 2.58 bits per heavy atom. The van der Waals surface area contributed by atoms with Gasteiger partial charge in [-0.05, 0) is 50.9 Å². The summed E-state index contributed by atoms with van der Waals surface area (Å²) < 4.78 is 0. The third-order valence-electron chi connectivity index (χ3n) is 4.45. The normalized spacial score (nSPS) is 21.6. The Morgan fingerprint density at radius 1 is 1.26 bits per heavy atom. The maximum atomic E-state index is 3.63. The summed E-state index contributed by atoms with van der Waals surface area (Å²) >= 11 is 0. The Bertz CT molecular complexity index is 365. The first-order valence-corrected chi connectivity index (χ1v) is 7.73. The fourth-order valence-corrected chi connectivity index (χ4v) is 2.87. The minimum absolute atomic E-state index is 0.495. The molecule has 0 aliphatic carbocycles. The van der Waals surface area contributed by atoms with Gasteiger partial charge in [-0.1, -0.05) is 37.6 Å². The van der Waals surface area contributed by atoms with Crippen molar-refractivity contribution in [3.8, 4) is 0 Å². The maximum absolute atomic E-state index is 3.63. The number of rotatable bonds is 5. The van der Waals surface area contributed by atoms with E-state index in [0.717, 1.165) is 13.0 Å². The predicted molar refractivity (Wildman–Crippen MR) is 82.5 cm³/mol. The van der Waals surface area contributed by atoms with Gasteiger partial charge < -0.3 is 5.32 Å². The molecule has 19 heavy (non-hydrogen) atoms. The summed E-state index contributed by atoms with van der Waals surface area (Å²) in [7, 11) is 2.24. The van der Waals surface area contributed by atoms with Crippen molar-refractivity contribution < 1.29 is 0 Å². The van der Waals surface area contributed by atoms with Gasteiger partial charge in [0, 0.05) is 18.6 Å². The number of aryl methyl sites for hydroxylation is 1. The number of nitrogens with zero attached hydrogens (tertiary/aromatic N) is 1. The number of likely N-dealkylation sites (N-methyl/N-ethyl adjacent to an activating group) is 1. The number of hydrogen-bond donors (Lipinski definition) is 1. The van der Waals surface area contributed by atoms with Crippen LogP contribution in [0.25, 0.3) is 0 Å². The molecule has 2 heteroatoms. The van der Waals surface area contributed by atoms with E-state index in [0.29, 0.717) is 12.1 Å². The molecule has 1 saturated heterocycles. The summed E-state index contributed by atoms with van der Waals surface area (Å²) in [5, 5.41) is 3.63. The molecular formula is C17H28N2. The van der Waals surface area contributed by atoms with Crippen LogP contribution in [0.5, 0.6) is 0 Å². The van der Waals surface area contributed by atoms with Crippen molar-refractivity contribution in [2.75, 3.05) is 20.1 Å². The van der Waals surface area contributed by atoms with Gasteiger partial charge in [0.1, 0.15) is 0 Å². The molecule has 2 unspecified atom stereocenters. The van der Waals surface area contributed by atoms with E-state index in [1.54, 1.807) is 0 Å². The molecule has 0 radical (unpaired) electrons. The summed E-state index contributed by atoms with van der Waals surface area (Å²) in [5.41, 5.74) is 2.85. The van der Waals surface area contributed by atoms with Crippen LogP contribution in [-0.2, 0) is 6.42 Å². The molecule has 1 N–H and O–H groups in total. The average molecular weight is 260 g/mol. The van der Waals surface area contributed by atoms with Crippen LogP contribution in [0.1, 0.15) is 50.3 Å². The van der Waals surface area contributed by atoms with E-state index >= 15 is 0 Å². The van der Waals surface area contributed by atoms with Gasteiger partial charge in [-0.25, -0.2) is 0 Å². The van der Waals surface area contributed by atoms with E-state index in [4.69, 9.17) is 0 Å². The highest BCUT2D eigenvalue weighted by Gasteiger charge is 2.18. The van der Waals surface area contributed by atoms with Crippen molar-refractivity contribution in [1.82, 2.24) is 10.2 Å². The number of benzene rings is 1. The van der Waals surface area contributed by atoms with Crippen LogP contribution in [0.2, 0.25) is 0 Å². The van der Waals surface area contributed by atoms with Crippen molar-refractivity contribution in [2.45, 2.75) is 51.6 Å². The van der Waals surface area contributed by atoms with Gasteiger partial charge in [0.05, 0.1) is 0 Å². The monoisotopic (exact) mass is 260 g/mol. The Kier molecular flexibility index (Phi) is 5.41. The van der Waals surface area contributed by atoms with E-state index < -0.39 is 0 Å². The predicted octanol–water partition coefficient (Wildman–Crippen LogP) is 3.38. The lowest BCUT2D eigenvalue weighted by Gasteiger charge is -2.32. The van der Waals surface area contributed by atoms with E-state index in [1.165, 1.54) is 36.9 Å². The molecule has 0 spiro atoms. The molecule has 0 amide bonds. The Balaban J connectivity index is 1.91. The maximum Gasteiger partial charge on any atom is 0.0317 e. The molecule has 1 aromatic carbocycles. The Hall–Kier alpha value is -0.860. The SMILES string of the molecule is CCc1ccc(C(C)N(C)CC2CCCCN2)cc1. The van der Waals surface area contributed by atoms with Crippen molar-refractivity contribution in [3.05, 3.63) is 35.4 Å². The van der Waals surface area contributed by atoms with Crippen molar-refractivity contribution in [3.63, 3.8) is 0 Å². The highest BCUT2D eigenvalue weighted by Crippen LogP contribution is 2.20. The van der Waals surface area contributed by atoms with Gasteiger partial charge in [-0.3, -0.25) is 4.90 Å². The molecule has 1 aromatic rings. The van der Waals surface area contributed by atoms with E-state index in [-0.39, 0.29) is 0 Å². The van der Waals surface area contributed by atoms with Crippen LogP contribution in [0.3, 0.4) is 0 Å². The average Bonchev–Trinajstić information content (AvgIpc) is 2.47. The zero-order valence-electron chi connectivity index (χ0n) is 12.7. The topological polar surface area (TPSA) is 15.3 Å². The van der Waals surface area contributed by atoms with Crippen molar-refractivity contribution in [2.24, 2.45) is 0 Å². The molecule has 1 aliphatic heterocycles. The van der Waals surface area contributed by atoms with Gasteiger partial charge in [0.25, 0.3) is 0 Å². The molecule has 1 aliphatic rings. The van der Waals surface area contributed by atoms with E-state index in [9.17, 15) is 0 Å². The third kappa shape index (κ3) is 4.05. The molecule has 2 atom stereocenters. The second-order valence-electron chi connectivity index (χ2n) is 5.86. The van der Waals surface area contributed by atoms with E-state index in [1.807, 2.05) is 0 Å². The second-order valence-corrected chi connectivity index (χ2v) is 5.86. The summed E-state index contributed by atoms with van der Waals surface area (Å²) in [5.74, 6) is 0. The highest BCUT2D eigenvalue weighted by atomic mass is 15.1. The van der Waals surface area contributed by atoms with Crippen LogP contribution in [0.15, 0.2) is 24.3 Å². The van der Waals surface area contributed by atoms with Gasteiger partial charge in [-0.2, -0.15) is 0 Å². The quantitative estimate of drug-likeness (QED) is 0.873. The summed E-state index contributed by atoms with van der Waals surface area (Å²) in [4.78, 5) is 2.48. The third-order valence-corrected chi connectivity index (χ3v) is 4.45. The van der Waals surface area contributed by atoms with Crippen LogP contribution in [0, 0.1) is 0 Å². The smallest absolute Gasteiger partial charge is 0.0317 e. The minimum atomic E-state index is 0.495. The highest BCUT2D eigenvalue weighted by molar-refractivity contribution is 5.24. The Morgan fingerprint density at radius 2 is 2.00 bits per heavy atom. The molecule has 1 fully saturated rings. The first kappa shape index (κ1) is 14.5. The lowest BCUT2D eigenvalue weighted by Crippen LogP contribution is -2.43. The fourth-order valence-electron chi connectivity index (χ4n) is 2.87. The van der Waals surface area contributed by atoms with E-state index in [2.05, 4.69) is 55.4 Å². The summed E-state index contributed by atoms with van der Waals surface area (Å²) in [6, 6.07) is 10.3. The molecule has 2 rings (SSSR count). The first-order valence-electron chi connectivity index (χ1n) is 7.73.